The van der Waals surface area contributed by atoms with Gasteiger partial charge in [-0.3, -0.25) is 4.79 Å². The van der Waals surface area contributed by atoms with Crippen molar-refractivity contribution in [1.82, 2.24) is 14.7 Å². The molecule has 138 valence electrons. The Morgan fingerprint density at radius 3 is 2.44 bits per heavy atom. The molecule has 0 saturated carbocycles. The van der Waals surface area contributed by atoms with Gasteiger partial charge < -0.3 is 4.90 Å². The summed E-state index contributed by atoms with van der Waals surface area (Å²) in [6, 6.07) is 12.0. The van der Waals surface area contributed by atoms with Gasteiger partial charge in [0.25, 0.3) is 5.91 Å². The molecule has 1 aliphatic heterocycles. The number of carbonyl (C=O) groups is 1. The molecule has 1 saturated heterocycles. The maximum absolute atomic E-state index is 13.4. The highest BCUT2D eigenvalue weighted by atomic mass is 19.1. The molecule has 2 aromatic carbocycles. The zero-order valence-electron chi connectivity index (χ0n) is 14.7. The van der Waals surface area contributed by atoms with Gasteiger partial charge in [-0.25, -0.2) is 13.5 Å². The first-order valence-corrected chi connectivity index (χ1v) is 8.95. The van der Waals surface area contributed by atoms with E-state index in [4.69, 9.17) is 0 Å². The fourth-order valence-electron chi connectivity index (χ4n) is 3.50. The third-order valence-corrected chi connectivity index (χ3v) is 5.02. The van der Waals surface area contributed by atoms with E-state index in [1.165, 1.54) is 36.4 Å². The van der Waals surface area contributed by atoms with Gasteiger partial charge in [0.1, 0.15) is 11.6 Å². The lowest BCUT2D eigenvalue weighted by Crippen LogP contribution is -2.37. The summed E-state index contributed by atoms with van der Waals surface area (Å²) in [6.45, 7) is 1.29. The Kier molecular flexibility index (Phi) is 4.71. The molecular weight excluding hydrogens is 348 g/mol. The molecule has 2 heterocycles. The molecule has 0 unspecified atom stereocenters. The summed E-state index contributed by atoms with van der Waals surface area (Å²) >= 11 is 0. The summed E-state index contributed by atoms with van der Waals surface area (Å²) in [7, 11) is 0. The molecule has 1 fully saturated rings. The van der Waals surface area contributed by atoms with Crippen molar-refractivity contribution in [2.45, 2.75) is 18.8 Å². The molecule has 0 radical (unpaired) electrons. The lowest BCUT2D eigenvalue weighted by molar-refractivity contribution is 0.0713. The zero-order valence-corrected chi connectivity index (χ0v) is 14.7. The predicted molar refractivity (Wildman–Crippen MR) is 97.8 cm³/mol. The molecule has 0 bridgehead atoms. The molecule has 1 amide bonds. The highest BCUT2D eigenvalue weighted by Gasteiger charge is 2.25. The Hall–Kier alpha value is -3.02. The van der Waals surface area contributed by atoms with Crippen molar-refractivity contribution in [2.75, 3.05) is 13.1 Å². The van der Waals surface area contributed by atoms with Crippen molar-refractivity contribution in [2.24, 2.45) is 0 Å². The molecule has 0 spiro atoms. The summed E-state index contributed by atoms with van der Waals surface area (Å²) in [6.07, 6.45) is 5.41. The topological polar surface area (TPSA) is 38.1 Å². The molecule has 3 aromatic rings. The largest absolute Gasteiger partial charge is 0.339 e. The molecule has 1 aromatic heterocycles. The van der Waals surface area contributed by atoms with Gasteiger partial charge in [0.2, 0.25) is 0 Å². The van der Waals surface area contributed by atoms with E-state index in [1.54, 1.807) is 15.6 Å². The number of halogens is 2. The van der Waals surface area contributed by atoms with Gasteiger partial charge in [0.15, 0.2) is 0 Å². The first-order valence-electron chi connectivity index (χ1n) is 8.95. The standard InChI is InChI=1S/C21H19F2N3O/c22-18-6-4-16(5-7-18)21(27)25-10-8-15(9-11-25)17-13-24-26(14-17)20-3-1-2-19(23)12-20/h1-7,12-15H,8-11H2. The lowest BCUT2D eigenvalue weighted by Gasteiger charge is -2.31. The number of nitrogens with zero attached hydrogens (tertiary/aromatic N) is 3. The summed E-state index contributed by atoms with van der Waals surface area (Å²) in [5.41, 5.74) is 2.28. The smallest absolute Gasteiger partial charge is 0.253 e. The van der Waals surface area contributed by atoms with Crippen LogP contribution in [0, 0.1) is 11.6 Å². The van der Waals surface area contributed by atoms with Crippen molar-refractivity contribution >= 4 is 5.91 Å². The van der Waals surface area contributed by atoms with Gasteiger partial charge in [-0.05, 0) is 66.8 Å². The van der Waals surface area contributed by atoms with Crippen molar-refractivity contribution in [3.63, 3.8) is 0 Å². The van der Waals surface area contributed by atoms with Crippen molar-refractivity contribution in [3.8, 4) is 5.69 Å². The Morgan fingerprint density at radius 1 is 1.00 bits per heavy atom. The van der Waals surface area contributed by atoms with Crippen LogP contribution in [0.15, 0.2) is 60.9 Å². The van der Waals surface area contributed by atoms with Gasteiger partial charge in [0, 0.05) is 24.8 Å². The van der Waals surface area contributed by atoms with Crippen LogP contribution in [0.3, 0.4) is 0 Å². The highest BCUT2D eigenvalue weighted by Crippen LogP contribution is 2.29. The number of hydrogen-bond acceptors (Lipinski definition) is 2. The Bertz CT molecular complexity index is 944. The molecule has 0 aliphatic carbocycles. The normalized spacial score (nSPS) is 15.1. The number of piperidine rings is 1. The van der Waals surface area contributed by atoms with Crippen molar-refractivity contribution in [3.05, 3.63) is 83.7 Å². The monoisotopic (exact) mass is 367 g/mol. The first-order chi connectivity index (χ1) is 13.1. The number of carbonyl (C=O) groups excluding carboxylic acids is 1. The third-order valence-electron chi connectivity index (χ3n) is 5.02. The van der Waals surface area contributed by atoms with E-state index in [0.717, 1.165) is 18.4 Å². The van der Waals surface area contributed by atoms with Crippen LogP contribution in [0.25, 0.3) is 5.69 Å². The van der Waals surface area contributed by atoms with Crippen LogP contribution < -0.4 is 0 Å². The lowest BCUT2D eigenvalue weighted by atomic mass is 9.91. The van der Waals surface area contributed by atoms with Crippen LogP contribution in [-0.4, -0.2) is 33.7 Å². The Labute approximate surface area is 156 Å². The molecule has 6 heteroatoms. The average Bonchev–Trinajstić information content (AvgIpc) is 3.18. The number of rotatable bonds is 3. The molecule has 27 heavy (non-hydrogen) atoms. The second kappa shape index (κ2) is 7.31. The minimum absolute atomic E-state index is 0.0658. The maximum atomic E-state index is 13.4. The summed E-state index contributed by atoms with van der Waals surface area (Å²) in [4.78, 5) is 14.3. The summed E-state index contributed by atoms with van der Waals surface area (Å²) in [5.74, 6) is -0.397. The quantitative estimate of drug-likeness (QED) is 0.697. The third kappa shape index (κ3) is 3.74. The number of aromatic nitrogens is 2. The van der Waals surface area contributed by atoms with E-state index in [2.05, 4.69) is 5.10 Å². The predicted octanol–water partition coefficient (Wildman–Crippen LogP) is 4.17. The minimum atomic E-state index is -0.347. The Balaban J connectivity index is 1.41. The molecular formula is C21H19F2N3O. The minimum Gasteiger partial charge on any atom is -0.339 e. The van der Waals surface area contributed by atoms with E-state index in [9.17, 15) is 13.6 Å². The van der Waals surface area contributed by atoms with Crippen LogP contribution in [0.1, 0.15) is 34.7 Å². The van der Waals surface area contributed by atoms with Crippen molar-refractivity contribution in [1.29, 1.82) is 0 Å². The van der Waals surface area contributed by atoms with E-state index >= 15 is 0 Å². The Morgan fingerprint density at radius 2 is 1.74 bits per heavy atom. The molecule has 4 rings (SSSR count). The van der Waals surface area contributed by atoms with Crippen LogP contribution in [0.4, 0.5) is 8.78 Å². The first kappa shape index (κ1) is 17.4. The van der Waals surface area contributed by atoms with Gasteiger partial charge in [-0.15, -0.1) is 0 Å². The SMILES string of the molecule is O=C(c1ccc(F)cc1)N1CCC(c2cnn(-c3cccc(F)c3)c2)CC1. The fraction of sp³-hybridized carbons (Fsp3) is 0.238. The zero-order chi connectivity index (χ0) is 18.8. The van der Waals surface area contributed by atoms with Crippen LogP contribution in [0.5, 0.6) is 0 Å². The van der Waals surface area contributed by atoms with Crippen molar-refractivity contribution < 1.29 is 13.6 Å². The molecule has 0 N–H and O–H groups in total. The molecule has 0 atom stereocenters. The van der Waals surface area contributed by atoms with Gasteiger partial charge in [-0.2, -0.15) is 5.10 Å². The second-order valence-electron chi connectivity index (χ2n) is 6.77. The number of benzene rings is 2. The number of amides is 1. The molecule has 4 nitrogen and oxygen atoms in total. The van der Waals surface area contributed by atoms with Gasteiger partial charge >= 0.3 is 0 Å². The highest BCUT2D eigenvalue weighted by molar-refractivity contribution is 5.94. The number of likely N-dealkylation sites (tertiary alicyclic amines) is 1. The summed E-state index contributed by atoms with van der Waals surface area (Å²) < 4.78 is 28.1. The van der Waals surface area contributed by atoms with E-state index < -0.39 is 0 Å². The van der Waals surface area contributed by atoms with E-state index in [0.29, 0.717) is 30.3 Å². The maximum Gasteiger partial charge on any atom is 0.253 e. The van der Waals surface area contributed by atoms with Gasteiger partial charge in [0.05, 0.1) is 11.9 Å². The number of hydrogen-bond donors (Lipinski definition) is 0. The fourth-order valence-corrected chi connectivity index (χ4v) is 3.50. The second-order valence-corrected chi connectivity index (χ2v) is 6.77. The van der Waals surface area contributed by atoms with Crippen LogP contribution in [0.2, 0.25) is 0 Å². The van der Waals surface area contributed by atoms with E-state index in [-0.39, 0.29) is 17.5 Å². The summed E-state index contributed by atoms with van der Waals surface area (Å²) in [5, 5.41) is 4.35. The van der Waals surface area contributed by atoms with Gasteiger partial charge in [-0.1, -0.05) is 6.07 Å². The van der Waals surface area contributed by atoms with Crippen LogP contribution >= 0.6 is 0 Å². The van der Waals surface area contributed by atoms with Crippen LogP contribution in [-0.2, 0) is 0 Å². The van der Waals surface area contributed by atoms with E-state index in [1.807, 2.05) is 18.5 Å². The molecule has 1 aliphatic rings. The average molecular weight is 367 g/mol.